The molecule has 16 heteroatoms. The fraction of sp³-hybridized carbons (Fsp3) is 0.341. The van der Waals surface area contributed by atoms with E-state index in [4.69, 9.17) is 14.3 Å². The number of carbonyl (C=O) groups excluding carboxylic acids is 2. The van der Waals surface area contributed by atoms with E-state index < -0.39 is 42.8 Å². The summed E-state index contributed by atoms with van der Waals surface area (Å²) in [6.07, 6.45) is 1.42. The van der Waals surface area contributed by atoms with Crippen LogP contribution in [0.25, 0.3) is 0 Å². The molecule has 0 radical (unpaired) electrons. The van der Waals surface area contributed by atoms with E-state index in [0.29, 0.717) is 29.5 Å². The molecule has 60 heavy (non-hydrogen) atoms. The third-order valence-corrected chi connectivity index (χ3v) is 12.1. The summed E-state index contributed by atoms with van der Waals surface area (Å²) in [5.41, 5.74) is -0.447. The molecule has 1 atom stereocenters. The van der Waals surface area contributed by atoms with Crippen LogP contribution < -0.4 is 27.4 Å². The van der Waals surface area contributed by atoms with Gasteiger partial charge in [0.1, 0.15) is 11.6 Å². The molecule has 0 aliphatic carbocycles. The van der Waals surface area contributed by atoms with Crippen LogP contribution in [0.2, 0.25) is 0 Å². The Labute approximate surface area is 348 Å². The highest BCUT2D eigenvalue weighted by Gasteiger charge is 2.37. The summed E-state index contributed by atoms with van der Waals surface area (Å²) in [7, 11) is 0.464. The van der Waals surface area contributed by atoms with E-state index in [9.17, 15) is 28.8 Å². The number of benzene rings is 3. The van der Waals surface area contributed by atoms with Crippen LogP contribution in [-0.4, -0.2) is 61.5 Å². The van der Waals surface area contributed by atoms with E-state index in [1.807, 2.05) is 46.3 Å². The van der Waals surface area contributed by atoms with E-state index in [1.54, 1.807) is 60.7 Å². The van der Waals surface area contributed by atoms with Gasteiger partial charge in [-0.15, -0.1) is 0 Å². The van der Waals surface area contributed by atoms with Crippen LogP contribution in [-0.2, 0) is 28.4 Å². The number of aromatic amines is 1. The first-order chi connectivity index (χ1) is 28.8. The van der Waals surface area contributed by atoms with Gasteiger partial charge in [0.25, 0.3) is 31.5 Å². The molecule has 0 saturated carbocycles. The summed E-state index contributed by atoms with van der Waals surface area (Å²) in [4.78, 5) is 89.6. The van der Waals surface area contributed by atoms with Gasteiger partial charge in [0.2, 0.25) is 0 Å². The van der Waals surface area contributed by atoms with Crippen LogP contribution in [0, 0.1) is 25.2 Å². The van der Waals surface area contributed by atoms with Crippen LogP contribution in [0.3, 0.4) is 0 Å². The molecule has 1 aliphatic heterocycles. The van der Waals surface area contributed by atoms with E-state index in [0.717, 1.165) is 25.8 Å². The molecule has 0 amide bonds. The highest BCUT2D eigenvalue weighted by Crippen LogP contribution is 2.43. The second kappa shape index (κ2) is 18.9. The first-order valence-corrected chi connectivity index (χ1v) is 20.9. The van der Waals surface area contributed by atoms with Gasteiger partial charge in [-0.3, -0.25) is 33.6 Å². The first-order valence-electron chi connectivity index (χ1n) is 19.8. The highest BCUT2D eigenvalue weighted by molar-refractivity contribution is 7.44. The van der Waals surface area contributed by atoms with Crippen LogP contribution >= 0.6 is 8.53 Å². The number of nitrogens with one attached hydrogen (secondary N) is 1. The van der Waals surface area contributed by atoms with Gasteiger partial charge >= 0.3 is 11.4 Å². The smallest absolute Gasteiger partial charge is 0.322 e. The summed E-state index contributed by atoms with van der Waals surface area (Å²) >= 11 is 0. The zero-order valence-electron chi connectivity index (χ0n) is 34.6. The summed E-state index contributed by atoms with van der Waals surface area (Å²) < 4.78 is 16.4. The van der Waals surface area contributed by atoms with Crippen molar-refractivity contribution in [2.45, 2.75) is 79.3 Å². The van der Waals surface area contributed by atoms with Gasteiger partial charge in [0.15, 0.2) is 0 Å². The third-order valence-electron chi connectivity index (χ3n) is 10.3. The first kappa shape index (κ1) is 43.5. The second-order valence-electron chi connectivity index (χ2n) is 14.9. The lowest BCUT2D eigenvalue weighted by Gasteiger charge is -2.34. The number of carbonyl (C=O) groups is 2. The Hall–Kier alpha value is -6.04. The number of H-pyrrole nitrogens is 1. The largest absolute Gasteiger partial charge is 0.339 e. The van der Waals surface area contributed by atoms with Crippen molar-refractivity contribution < 1.29 is 18.6 Å². The SMILES string of the molecule is CCCCn1c(=O)c2c(n(C(=O)c3ccc(C)cc3)c1=O)N(c1ccc(CCOP(OCCC#N)N(C)C(C)C)cc1)c1[nH]c(=O)n(C(=O)c3ccc(C)cc3)c(=O)c1C2. The number of rotatable bonds is 15. The fourth-order valence-corrected chi connectivity index (χ4v) is 8.00. The second-order valence-corrected chi connectivity index (χ2v) is 16.5. The van der Waals surface area contributed by atoms with Crippen molar-refractivity contribution in [3.05, 3.63) is 153 Å². The monoisotopic (exact) mass is 833 g/mol. The van der Waals surface area contributed by atoms with Gasteiger partial charge in [-0.2, -0.15) is 9.83 Å². The minimum absolute atomic E-state index is 0.0204. The number of hydrogen-bond acceptors (Lipinski definition) is 11. The van der Waals surface area contributed by atoms with Gasteiger partial charge in [0, 0.05) is 35.8 Å². The summed E-state index contributed by atoms with van der Waals surface area (Å²) in [5.74, 6) is -1.78. The van der Waals surface area contributed by atoms with Crippen molar-refractivity contribution in [2.24, 2.45) is 0 Å². The normalized spacial score (nSPS) is 12.6. The number of fused-ring (bicyclic) bond motifs is 2. The van der Waals surface area contributed by atoms with Gasteiger partial charge < -0.3 is 9.05 Å². The van der Waals surface area contributed by atoms with Crippen molar-refractivity contribution in [3.63, 3.8) is 0 Å². The van der Waals surface area contributed by atoms with Crippen LogP contribution in [0.15, 0.2) is 92.0 Å². The predicted molar refractivity (Wildman–Crippen MR) is 230 cm³/mol. The molecule has 1 unspecified atom stereocenters. The van der Waals surface area contributed by atoms with Crippen LogP contribution in [0.1, 0.15) is 88.6 Å². The molecule has 3 aromatic carbocycles. The molecule has 0 spiro atoms. The lowest BCUT2D eigenvalue weighted by Crippen LogP contribution is -2.50. The number of anilines is 3. The maximum Gasteiger partial charge on any atom is 0.339 e. The van der Waals surface area contributed by atoms with Gasteiger partial charge in [-0.25, -0.2) is 18.8 Å². The Morgan fingerprint density at radius 1 is 0.833 bits per heavy atom. The zero-order chi connectivity index (χ0) is 43.2. The zero-order valence-corrected chi connectivity index (χ0v) is 35.5. The summed E-state index contributed by atoms with van der Waals surface area (Å²) in [6.45, 7) is 10.2. The number of aryl methyl sites for hydroxylation is 2. The molecule has 15 nitrogen and oxygen atoms in total. The molecule has 5 aromatic rings. The highest BCUT2D eigenvalue weighted by atomic mass is 31.2. The molecular weight excluding hydrogens is 785 g/mol. The fourth-order valence-electron chi connectivity index (χ4n) is 6.69. The Morgan fingerprint density at radius 3 is 1.98 bits per heavy atom. The number of aromatic nitrogens is 4. The molecule has 1 N–H and O–H groups in total. The van der Waals surface area contributed by atoms with Crippen molar-refractivity contribution >= 4 is 37.7 Å². The van der Waals surface area contributed by atoms with E-state index >= 15 is 0 Å². The molecule has 6 rings (SSSR count). The molecule has 0 saturated heterocycles. The Bertz CT molecular complexity index is 2680. The standard InChI is InChI=1S/C44H48N7O8P/c1-7-8-24-48-41(54)36-27-35-37(46-43(56)51(42(35)55)40(53)33-18-12-30(5)13-19-33)49(38(36)50(44(48)57)39(52)32-16-10-29(4)11-17-32)34-20-14-31(15-21-34)22-26-59-60(47(6)28(2)3)58-25-9-23-45/h10-21,28H,7-9,22,24-27H2,1-6H3,(H,46,56). The van der Waals surface area contributed by atoms with Gasteiger partial charge in [-0.1, -0.05) is 60.9 Å². The number of nitrogens with zero attached hydrogens (tertiary/aromatic N) is 6. The van der Waals surface area contributed by atoms with Crippen LogP contribution in [0.5, 0.6) is 0 Å². The Morgan fingerprint density at radius 2 is 1.42 bits per heavy atom. The Balaban J connectivity index is 1.51. The minimum Gasteiger partial charge on any atom is -0.322 e. The molecule has 3 heterocycles. The topological polar surface area (TPSA) is 182 Å². The third kappa shape index (κ3) is 8.92. The molecule has 1 aliphatic rings. The molecular formula is C44H48N7O8P. The molecule has 312 valence electrons. The van der Waals surface area contributed by atoms with Crippen molar-refractivity contribution in [1.29, 1.82) is 5.26 Å². The lowest BCUT2D eigenvalue weighted by atomic mass is 10.0. The van der Waals surface area contributed by atoms with Crippen molar-refractivity contribution in [3.8, 4) is 6.07 Å². The van der Waals surface area contributed by atoms with Crippen molar-refractivity contribution in [2.75, 3.05) is 25.2 Å². The number of hydrogen-bond donors (Lipinski definition) is 1. The summed E-state index contributed by atoms with van der Waals surface area (Å²) in [5, 5.41) is 8.98. The van der Waals surface area contributed by atoms with Crippen LogP contribution in [0.4, 0.5) is 17.3 Å². The van der Waals surface area contributed by atoms with Gasteiger partial charge in [-0.05, 0) is 89.5 Å². The predicted octanol–water partition coefficient (Wildman–Crippen LogP) is 6.08. The van der Waals surface area contributed by atoms with Crippen molar-refractivity contribution in [1.82, 2.24) is 23.4 Å². The average molecular weight is 834 g/mol. The average Bonchev–Trinajstić information content (AvgIpc) is 3.23. The molecule has 0 bridgehead atoms. The number of nitriles is 1. The van der Waals surface area contributed by atoms with Gasteiger partial charge in [0.05, 0.1) is 36.8 Å². The van der Waals surface area contributed by atoms with E-state index in [-0.39, 0.29) is 72.5 Å². The van der Waals surface area contributed by atoms with E-state index in [2.05, 4.69) is 11.1 Å². The number of unbranched alkanes of at least 4 members (excludes halogenated alkanes) is 1. The molecule has 0 fully saturated rings. The summed E-state index contributed by atoms with van der Waals surface area (Å²) in [6, 6.07) is 22.3. The quantitative estimate of drug-likeness (QED) is 0.0935. The van der Waals surface area contributed by atoms with E-state index in [1.165, 1.54) is 17.0 Å². The minimum atomic E-state index is -1.43. The lowest BCUT2D eigenvalue weighted by molar-refractivity contribution is 0.0944. The maximum atomic E-state index is 14.5. The maximum absolute atomic E-state index is 14.5. The Kier molecular flexibility index (Phi) is 13.7. The molecule has 2 aromatic heterocycles.